The quantitative estimate of drug-likeness (QED) is 0.801. The Balaban J connectivity index is 3.09. The predicted octanol–water partition coefficient (Wildman–Crippen LogP) is 2.27. The van der Waals surface area contributed by atoms with Gasteiger partial charge in [-0.1, -0.05) is 12.7 Å². The van der Waals surface area contributed by atoms with Gasteiger partial charge >= 0.3 is 12.1 Å². The molecule has 6 nitrogen and oxygen atoms in total. The summed E-state index contributed by atoms with van der Waals surface area (Å²) in [6.07, 6.45) is 0.389. The standard InChI is InChI=1S/C12H12FNO5/c1-3-6-19-12(17)14-10-8(18-2)5-4-7(9(10)13)11(15)16/h3-5H,1,6H2,2H3,(H,14,17)(H,15,16). The Bertz CT molecular complexity index is 515. The number of hydrogen-bond acceptors (Lipinski definition) is 4. The molecule has 0 radical (unpaired) electrons. The monoisotopic (exact) mass is 269 g/mol. The molecule has 0 aromatic heterocycles. The van der Waals surface area contributed by atoms with Gasteiger partial charge in [0.05, 0.1) is 12.7 Å². The Hall–Kier alpha value is -2.57. The van der Waals surface area contributed by atoms with Crippen LogP contribution >= 0.6 is 0 Å². The number of aromatic carboxylic acids is 1. The molecule has 2 N–H and O–H groups in total. The van der Waals surface area contributed by atoms with Gasteiger partial charge in [0.25, 0.3) is 0 Å². The summed E-state index contributed by atoms with van der Waals surface area (Å²) in [5.74, 6) is -2.58. The molecule has 0 heterocycles. The summed E-state index contributed by atoms with van der Waals surface area (Å²) >= 11 is 0. The van der Waals surface area contributed by atoms with E-state index in [9.17, 15) is 14.0 Å². The Morgan fingerprint density at radius 3 is 2.74 bits per heavy atom. The second-order valence-electron chi connectivity index (χ2n) is 3.32. The highest BCUT2D eigenvalue weighted by Gasteiger charge is 2.20. The van der Waals surface area contributed by atoms with Crippen LogP contribution in [0.5, 0.6) is 5.75 Å². The molecule has 1 aromatic carbocycles. The maximum Gasteiger partial charge on any atom is 0.412 e. The average Bonchev–Trinajstić information content (AvgIpc) is 2.38. The van der Waals surface area contributed by atoms with Crippen molar-refractivity contribution in [1.82, 2.24) is 0 Å². The third kappa shape index (κ3) is 3.44. The maximum atomic E-state index is 13.9. The molecule has 0 aliphatic heterocycles. The van der Waals surface area contributed by atoms with E-state index in [4.69, 9.17) is 9.84 Å². The van der Waals surface area contributed by atoms with Crippen LogP contribution in [0.15, 0.2) is 24.8 Å². The third-order valence-corrected chi connectivity index (χ3v) is 2.11. The van der Waals surface area contributed by atoms with Crippen LogP contribution in [0.3, 0.4) is 0 Å². The second-order valence-corrected chi connectivity index (χ2v) is 3.32. The van der Waals surface area contributed by atoms with Crippen molar-refractivity contribution in [2.45, 2.75) is 0 Å². The van der Waals surface area contributed by atoms with E-state index >= 15 is 0 Å². The van der Waals surface area contributed by atoms with Crippen molar-refractivity contribution in [2.75, 3.05) is 19.0 Å². The van der Waals surface area contributed by atoms with Crippen LogP contribution in [0.25, 0.3) is 0 Å². The van der Waals surface area contributed by atoms with Gasteiger partial charge in [0, 0.05) is 0 Å². The SMILES string of the molecule is C=CCOC(=O)Nc1c(OC)ccc(C(=O)O)c1F. The van der Waals surface area contributed by atoms with Crippen LogP contribution in [0.4, 0.5) is 14.9 Å². The number of rotatable bonds is 5. The fourth-order valence-corrected chi connectivity index (χ4v) is 1.28. The van der Waals surface area contributed by atoms with E-state index in [2.05, 4.69) is 16.6 Å². The molecule has 19 heavy (non-hydrogen) atoms. The molecule has 0 aliphatic rings. The van der Waals surface area contributed by atoms with E-state index in [0.717, 1.165) is 6.07 Å². The molecule has 0 spiro atoms. The minimum atomic E-state index is -1.46. The molecule has 0 aliphatic carbocycles. The van der Waals surface area contributed by atoms with Gasteiger partial charge in [-0.3, -0.25) is 5.32 Å². The second kappa shape index (κ2) is 6.39. The number of ether oxygens (including phenoxy) is 2. The minimum Gasteiger partial charge on any atom is -0.494 e. The lowest BCUT2D eigenvalue weighted by atomic mass is 10.1. The number of methoxy groups -OCH3 is 1. The molecular weight excluding hydrogens is 257 g/mol. The first-order chi connectivity index (χ1) is 9.01. The molecule has 7 heteroatoms. The number of nitrogens with one attached hydrogen (secondary N) is 1. The van der Waals surface area contributed by atoms with Crippen molar-refractivity contribution in [3.05, 3.63) is 36.2 Å². The summed E-state index contributed by atoms with van der Waals surface area (Å²) < 4.78 is 23.4. The lowest BCUT2D eigenvalue weighted by Gasteiger charge is -2.12. The van der Waals surface area contributed by atoms with Crippen LogP contribution in [-0.2, 0) is 4.74 Å². The number of hydrogen-bond donors (Lipinski definition) is 2. The summed E-state index contributed by atoms with van der Waals surface area (Å²) in [5, 5.41) is 10.9. The highest BCUT2D eigenvalue weighted by Crippen LogP contribution is 2.30. The average molecular weight is 269 g/mol. The lowest BCUT2D eigenvalue weighted by Crippen LogP contribution is -2.16. The number of halogens is 1. The summed E-state index contributed by atoms with van der Waals surface area (Å²) in [6.45, 7) is 3.29. The molecule has 1 rings (SSSR count). The first-order valence-corrected chi connectivity index (χ1v) is 5.15. The van der Waals surface area contributed by atoms with Gasteiger partial charge in [0.15, 0.2) is 5.82 Å². The zero-order valence-corrected chi connectivity index (χ0v) is 10.1. The Labute approximate surface area is 108 Å². The fourth-order valence-electron chi connectivity index (χ4n) is 1.28. The van der Waals surface area contributed by atoms with Gasteiger partial charge in [0.2, 0.25) is 0 Å². The molecule has 1 aromatic rings. The Morgan fingerprint density at radius 2 is 2.21 bits per heavy atom. The van der Waals surface area contributed by atoms with E-state index in [1.54, 1.807) is 0 Å². The molecule has 0 bridgehead atoms. The van der Waals surface area contributed by atoms with Crippen LogP contribution < -0.4 is 10.1 Å². The predicted molar refractivity (Wildman–Crippen MR) is 65.1 cm³/mol. The molecule has 0 unspecified atom stereocenters. The molecule has 0 saturated heterocycles. The number of benzene rings is 1. The van der Waals surface area contributed by atoms with Crippen LogP contribution in [0.2, 0.25) is 0 Å². The molecule has 0 fully saturated rings. The zero-order chi connectivity index (χ0) is 14.4. The largest absolute Gasteiger partial charge is 0.494 e. The number of amides is 1. The molecule has 0 saturated carbocycles. The highest BCUT2D eigenvalue weighted by atomic mass is 19.1. The lowest BCUT2D eigenvalue weighted by molar-refractivity contribution is 0.0691. The first kappa shape index (κ1) is 14.5. The van der Waals surface area contributed by atoms with Gasteiger partial charge in [-0.2, -0.15) is 0 Å². The van der Waals surface area contributed by atoms with Gasteiger partial charge in [0.1, 0.15) is 18.0 Å². The summed E-state index contributed by atoms with van der Waals surface area (Å²) in [5.41, 5.74) is -0.976. The van der Waals surface area contributed by atoms with Gasteiger partial charge in [-0.25, -0.2) is 14.0 Å². The molecule has 1 amide bonds. The number of carboxylic acid groups (broad SMARTS) is 1. The van der Waals surface area contributed by atoms with Crippen LogP contribution in [0, 0.1) is 5.82 Å². The van der Waals surface area contributed by atoms with Crippen LogP contribution in [0.1, 0.15) is 10.4 Å². The maximum absolute atomic E-state index is 13.9. The van der Waals surface area contributed by atoms with Crippen molar-refractivity contribution in [3.63, 3.8) is 0 Å². The zero-order valence-electron chi connectivity index (χ0n) is 10.1. The molecule has 0 atom stereocenters. The van der Waals surface area contributed by atoms with Gasteiger partial charge in [-0.05, 0) is 12.1 Å². The van der Waals surface area contributed by atoms with E-state index < -0.39 is 29.1 Å². The number of carbonyl (C=O) groups is 2. The fraction of sp³-hybridized carbons (Fsp3) is 0.167. The van der Waals surface area contributed by atoms with E-state index in [0.29, 0.717) is 0 Å². The van der Waals surface area contributed by atoms with Crippen molar-refractivity contribution >= 4 is 17.7 Å². The minimum absolute atomic E-state index is 0.0157. The van der Waals surface area contributed by atoms with Gasteiger partial charge < -0.3 is 14.6 Å². The van der Waals surface area contributed by atoms with E-state index in [1.807, 2.05) is 0 Å². The highest BCUT2D eigenvalue weighted by molar-refractivity contribution is 5.93. The third-order valence-electron chi connectivity index (χ3n) is 2.11. The number of carbonyl (C=O) groups excluding carboxylic acids is 1. The van der Waals surface area contributed by atoms with Crippen molar-refractivity contribution < 1.29 is 28.6 Å². The normalized spacial score (nSPS) is 9.58. The van der Waals surface area contributed by atoms with Crippen molar-refractivity contribution in [1.29, 1.82) is 0 Å². The Morgan fingerprint density at radius 1 is 1.53 bits per heavy atom. The number of carboxylic acids is 1. The van der Waals surface area contributed by atoms with Crippen LogP contribution in [-0.4, -0.2) is 30.9 Å². The van der Waals surface area contributed by atoms with E-state index in [-0.39, 0.29) is 12.4 Å². The Kier molecular flexibility index (Phi) is 4.87. The topological polar surface area (TPSA) is 84.9 Å². The summed E-state index contributed by atoms with van der Waals surface area (Å²) in [4.78, 5) is 22.1. The first-order valence-electron chi connectivity index (χ1n) is 5.15. The number of anilines is 1. The molecular formula is C12H12FNO5. The molecule has 102 valence electrons. The van der Waals surface area contributed by atoms with Crippen molar-refractivity contribution in [3.8, 4) is 5.75 Å². The smallest absolute Gasteiger partial charge is 0.412 e. The van der Waals surface area contributed by atoms with E-state index in [1.165, 1.54) is 19.3 Å². The summed E-state index contributed by atoms with van der Waals surface area (Å²) in [7, 11) is 1.26. The summed E-state index contributed by atoms with van der Waals surface area (Å²) in [6, 6.07) is 2.27. The van der Waals surface area contributed by atoms with Crippen molar-refractivity contribution in [2.24, 2.45) is 0 Å². The van der Waals surface area contributed by atoms with Gasteiger partial charge in [-0.15, -0.1) is 0 Å².